The lowest BCUT2D eigenvalue weighted by molar-refractivity contribution is -0.117. The minimum atomic E-state index is -2.93. The molecule has 0 saturated heterocycles. The zero-order valence-electron chi connectivity index (χ0n) is 14.8. The Bertz CT molecular complexity index is 879. The van der Waals surface area contributed by atoms with E-state index in [4.69, 9.17) is 0 Å². The smallest absolute Gasteiger partial charge is 0.387 e. The largest absolute Gasteiger partial charge is 0.435 e. The van der Waals surface area contributed by atoms with Gasteiger partial charge in [-0.1, -0.05) is 11.8 Å². The van der Waals surface area contributed by atoms with Crippen molar-refractivity contribution in [2.75, 3.05) is 5.75 Å². The van der Waals surface area contributed by atoms with Crippen LogP contribution < -0.4 is 10.1 Å². The molecule has 10 heteroatoms. The van der Waals surface area contributed by atoms with Crippen LogP contribution in [0.1, 0.15) is 53.8 Å². The highest BCUT2D eigenvalue weighted by Crippen LogP contribution is 2.45. The lowest BCUT2D eigenvalue weighted by Gasteiger charge is -2.08. The minimum Gasteiger partial charge on any atom is -0.435 e. The zero-order chi connectivity index (χ0) is 19.7. The number of thioether (sulfide) groups is 1. The molecule has 148 valence electrons. The van der Waals surface area contributed by atoms with Gasteiger partial charge in [-0.15, -0.1) is 10.2 Å². The van der Waals surface area contributed by atoms with Crippen molar-refractivity contribution in [2.24, 2.45) is 0 Å². The van der Waals surface area contributed by atoms with Crippen molar-refractivity contribution in [2.45, 2.75) is 49.4 Å². The van der Waals surface area contributed by atoms with Crippen molar-refractivity contribution in [3.8, 4) is 5.75 Å². The summed E-state index contributed by atoms with van der Waals surface area (Å²) in [5.74, 6) is 0.410. The maximum atomic E-state index is 12.1. The van der Waals surface area contributed by atoms with Crippen LogP contribution in [0.25, 0.3) is 0 Å². The second-order valence-corrected chi connectivity index (χ2v) is 7.73. The van der Waals surface area contributed by atoms with Crippen LogP contribution in [0.15, 0.2) is 29.4 Å². The number of hydrogen-bond acceptors (Lipinski definition) is 6. The molecule has 1 heterocycles. The summed E-state index contributed by atoms with van der Waals surface area (Å²) in [6.07, 6.45) is 4.46. The predicted molar refractivity (Wildman–Crippen MR) is 96.5 cm³/mol. The Morgan fingerprint density at radius 3 is 2.50 bits per heavy atom. The number of rotatable bonds is 8. The molecular weight excluding hydrogens is 390 g/mol. The number of ether oxygens (including phenoxy) is 1. The second-order valence-electron chi connectivity index (χ2n) is 6.79. The Morgan fingerprint density at radius 1 is 1.18 bits per heavy atom. The van der Waals surface area contributed by atoms with E-state index in [-0.39, 0.29) is 17.1 Å². The molecule has 4 rings (SSSR count). The van der Waals surface area contributed by atoms with Crippen LogP contribution in [0, 0.1) is 0 Å². The molecule has 2 fully saturated rings. The highest BCUT2D eigenvalue weighted by Gasteiger charge is 2.36. The number of alkyl halides is 2. The van der Waals surface area contributed by atoms with Gasteiger partial charge in [0.15, 0.2) is 5.16 Å². The Kier molecular flexibility index (Phi) is 5.29. The third kappa shape index (κ3) is 4.49. The molecule has 2 saturated carbocycles. The molecule has 7 nitrogen and oxygen atoms in total. The summed E-state index contributed by atoms with van der Waals surface area (Å²) in [5.41, 5.74) is 0.178. The third-order valence-electron chi connectivity index (χ3n) is 4.47. The second kappa shape index (κ2) is 7.86. The summed E-state index contributed by atoms with van der Waals surface area (Å²) in [6.45, 7) is -2.93. The van der Waals surface area contributed by atoms with Gasteiger partial charge < -0.3 is 9.30 Å². The standard InChI is InChI=1S/C18H18F2N4O3S/c19-17(20)27-13-7-3-11(4-8-13)16(26)21-14(25)9-28-18-23-22-15(10-1-2-10)24(18)12-5-6-12/h3-4,7-8,10,12,17H,1-2,5-6,9H2,(H,21,25,26). The van der Waals surface area contributed by atoms with Crippen LogP contribution in [-0.4, -0.2) is 38.9 Å². The van der Waals surface area contributed by atoms with Crippen molar-refractivity contribution in [3.63, 3.8) is 0 Å². The molecule has 2 aliphatic rings. The molecule has 0 spiro atoms. The summed E-state index contributed by atoms with van der Waals surface area (Å²) in [6, 6.07) is 5.56. The van der Waals surface area contributed by atoms with E-state index in [2.05, 4.69) is 24.8 Å². The number of carbonyl (C=O) groups is 2. The molecule has 1 N–H and O–H groups in total. The fourth-order valence-corrected chi connectivity index (χ4v) is 3.65. The average molecular weight is 408 g/mol. The van der Waals surface area contributed by atoms with E-state index < -0.39 is 18.4 Å². The van der Waals surface area contributed by atoms with Crippen molar-refractivity contribution in [1.82, 2.24) is 20.1 Å². The quantitative estimate of drug-likeness (QED) is 0.676. The number of hydrogen-bond donors (Lipinski definition) is 1. The Labute approximate surface area is 163 Å². The summed E-state index contributed by atoms with van der Waals surface area (Å²) in [7, 11) is 0. The van der Waals surface area contributed by atoms with Gasteiger partial charge in [0, 0.05) is 17.5 Å². The first-order valence-electron chi connectivity index (χ1n) is 8.98. The SMILES string of the molecule is O=C(CSc1nnc(C2CC2)n1C1CC1)NC(=O)c1ccc(OC(F)F)cc1. The van der Waals surface area contributed by atoms with Crippen molar-refractivity contribution >= 4 is 23.6 Å². The van der Waals surface area contributed by atoms with Gasteiger partial charge in [0.2, 0.25) is 5.91 Å². The van der Waals surface area contributed by atoms with Gasteiger partial charge in [-0.2, -0.15) is 8.78 Å². The fraction of sp³-hybridized carbons (Fsp3) is 0.444. The van der Waals surface area contributed by atoms with E-state index in [1.54, 1.807) is 0 Å². The molecule has 1 aromatic heterocycles. The molecule has 0 bridgehead atoms. The Balaban J connectivity index is 1.31. The molecule has 0 atom stereocenters. The normalized spacial score (nSPS) is 16.2. The van der Waals surface area contributed by atoms with Crippen LogP contribution >= 0.6 is 11.8 Å². The van der Waals surface area contributed by atoms with Crippen LogP contribution in [0.5, 0.6) is 5.75 Å². The molecule has 0 radical (unpaired) electrons. The molecule has 28 heavy (non-hydrogen) atoms. The summed E-state index contributed by atoms with van der Waals surface area (Å²) in [4.78, 5) is 24.3. The van der Waals surface area contributed by atoms with E-state index in [1.165, 1.54) is 36.0 Å². The number of imide groups is 1. The van der Waals surface area contributed by atoms with Gasteiger partial charge in [0.1, 0.15) is 11.6 Å². The highest BCUT2D eigenvalue weighted by atomic mass is 32.2. The molecule has 0 unspecified atom stereocenters. The number of benzene rings is 1. The molecular formula is C18H18F2N4O3S. The van der Waals surface area contributed by atoms with E-state index in [0.717, 1.165) is 31.5 Å². The monoisotopic (exact) mass is 408 g/mol. The first kappa shape index (κ1) is 18.9. The summed E-state index contributed by atoms with van der Waals surface area (Å²) >= 11 is 1.26. The van der Waals surface area contributed by atoms with Crippen LogP contribution in [0.2, 0.25) is 0 Å². The summed E-state index contributed by atoms with van der Waals surface area (Å²) < 4.78 is 30.7. The molecule has 2 aromatic rings. The van der Waals surface area contributed by atoms with Gasteiger partial charge >= 0.3 is 6.61 Å². The Hall–Kier alpha value is -2.49. The summed E-state index contributed by atoms with van der Waals surface area (Å²) in [5, 5.41) is 11.5. The average Bonchev–Trinajstić information content (AvgIpc) is 3.58. The number of amides is 2. The number of carbonyl (C=O) groups excluding carboxylic acids is 2. The van der Waals surface area contributed by atoms with E-state index in [1.807, 2.05) is 0 Å². The van der Waals surface area contributed by atoms with Gasteiger partial charge in [-0.25, -0.2) is 0 Å². The van der Waals surface area contributed by atoms with Gasteiger partial charge in [-0.05, 0) is 49.9 Å². The fourth-order valence-electron chi connectivity index (χ4n) is 2.84. The van der Waals surface area contributed by atoms with E-state index in [9.17, 15) is 18.4 Å². The van der Waals surface area contributed by atoms with Crippen LogP contribution in [-0.2, 0) is 4.79 Å². The third-order valence-corrected chi connectivity index (χ3v) is 5.42. The van der Waals surface area contributed by atoms with Crippen LogP contribution in [0.3, 0.4) is 0 Å². The minimum absolute atomic E-state index is 0.0356. The number of halogens is 2. The van der Waals surface area contributed by atoms with E-state index >= 15 is 0 Å². The number of nitrogens with one attached hydrogen (secondary N) is 1. The predicted octanol–water partition coefficient (Wildman–Crippen LogP) is 3.14. The molecule has 2 amide bonds. The van der Waals surface area contributed by atoms with Gasteiger partial charge in [0.25, 0.3) is 5.91 Å². The first-order valence-corrected chi connectivity index (χ1v) is 9.96. The van der Waals surface area contributed by atoms with Gasteiger partial charge in [0.05, 0.1) is 5.75 Å². The van der Waals surface area contributed by atoms with Crippen LogP contribution in [0.4, 0.5) is 8.78 Å². The maximum absolute atomic E-state index is 12.1. The first-order chi connectivity index (χ1) is 13.5. The lowest BCUT2D eigenvalue weighted by Crippen LogP contribution is -2.31. The van der Waals surface area contributed by atoms with Crippen molar-refractivity contribution in [3.05, 3.63) is 35.7 Å². The van der Waals surface area contributed by atoms with Crippen molar-refractivity contribution in [1.29, 1.82) is 0 Å². The Morgan fingerprint density at radius 2 is 1.89 bits per heavy atom. The molecule has 1 aromatic carbocycles. The lowest BCUT2D eigenvalue weighted by atomic mass is 10.2. The molecule has 2 aliphatic carbocycles. The maximum Gasteiger partial charge on any atom is 0.387 e. The topological polar surface area (TPSA) is 86.1 Å². The highest BCUT2D eigenvalue weighted by molar-refractivity contribution is 7.99. The number of aromatic nitrogens is 3. The van der Waals surface area contributed by atoms with Crippen molar-refractivity contribution < 1.29 is 23.1 Å². The van der Waals surface area contributed by atoms with Gasteiger partial charge in [-0.3, -0.25) is 14.9 Å². The number of nitrogens with zero attached hydrogens (tertiary/aromatic N) is 3. The zero-order valence-corrected chi connectivity index (χ0v) is 15.6. The van der Waals surface area contributed by atoms with E-state index in [0.29, 0.717) is 17.1 Å². The molecule has 0 aliphatic heterocycles.